The van der Waals surface area contributed by atoms with Crippen molar-refractivity contribution in [1.29, 1.82) is 0 Å². The minimum atomic E-state index is -0.889. The zero-order chi connectivity index (χ0) is 25.9. The van der Waals surface area contributed by atoms with Crippen molar-refractivity contribution in [2.24, 2.45) is 5.92 Å². The highest BCUT2D eigenvalue weighted by atomic mass is 19.1. The maximum Gasteiger partial charge on any atom is 0.335 e. The molecule has 1 aromatic heterocycles. The number of benzene rings is 2. The Kier molecular flexibility index (Phi) is 7.52. The fraction of sp³-hybridized carbons (Fsp3) is 0.375. The van der Waals surface area contributed by atoms with E-state index in [-0.39, 0.29) is 6.67 Å². The Morgan fingerprint density at radius 1 is 1.03 bits per heavy atom. The highest BCUT2D eigenvalue weighted by Gasteiger charge is 2.26. The first kappa shape index (κ1) is 25.3. The standard InChI is InChI=1S/C32H35FN2O2/c1-21-7-13-28(22(2)34-21)30-6-3-5-26-18-27(32(36)37)12-14-29(26)31(30)25-10-8-23(9-11-25)17-24-19-35(20-24)16-4-15-33/h7-14,18,24H,3-6,15-17,19-20H2,1-2H3,(H,36,37). The third-order valence-corrected chi connectivity index (χ3v) is 7.75. The molecule has 2 aliphatic rings. The summed E-state index contributed by atoms with van der Waals surface area (Å²) >= 11 is 0. The maximum atomic E-state index is 12.4. The van der Waals surface area contributed by atoms with E-state index >= 15 is 0 Å². The van der Waals surface area contributed by atoms with Crippen LogP contribution >= 0.6 is 0 Å². The van der Waals surface area contributed by atoms with Gasteiger partial charge in [-0.05, 0) is 109 Å². The lowest BCUT2D eigenvalue weighted by Gasteiger charge is -2.39. The summed E-state index contributed by atoms with van der Waals surface area (Å²) in [6.07, 6.45) is 4.39. The number of aromatic carboxylic acids is 1. The highest BCUT2D eigenvalue weighted by molar-refractivity contribution is 6.01. The number of halogens is 1. The number of pyridine rings is 1. The van der Waals surface area contributed by atoms with Crippen LogP contribution in [0.15, 0.2) is 54.6 Å². The Bertz CT molecular complexity index is 1320. The molecule has 192 valence electrons. The largest absolute Gasteiger partial charge is 0.478 e. The van der Waals surface area contributed by atoms with Crippen molar-refractivity contribution in [1.82, 2.24) is 9.88 Å². The van der Waals surface area contributed by atoms with E-state index in [1.54, 1.807) is 6.07 Å². The van der Waals surface area contributed by atoms with Crippen molar-refractivity contribution < 1.29 is 14.3 Å². The first-order chi connectivity index (χ1) is 17.9. The molecule has 1 saturated heterocycles. The SMILES string of the molecule is Cc1ccc(C2=C(c3ccc(CC4CN(CCCF)C4)cc3)c3ccc(C(=O)O)cc3CCC2)c(C)n1. The number of carbonyl (C=O) groups is 1. The molecule has 1 fully saturated rings. The van der Waals surface area contributed by atoms with Gasteiger partial charge in [-0.25, -0.2) is 4.79 Å². The molecule has 0 unspecified atom stereocenters. The predicted molar refractivity (Wildman–Crippen MR) is 147 cm³/mol. The molecule has 0 saturated carbocycles. The quantitative estimate of drug-likeness (QED) is 0.384. The molecule has 0 atom stereocenters. The second-order valence-electron chi connectivity index (χ2n) is 10.5. The Labute approximate surface area is 218 Å². The van der Waals surface area contributed by atoms with Gasteiger partial charge in [0.2, 0.25) is 0 Å². The van der Waals surface area contributed by atoms with E-state index in [9.17, 15) is 14.3 Å². The van der Waals surface area contributed by atoms with Crippen LogP contribution in [0.4, 0.5) is 4.39 Å². The first-order valence-corrected chi connectivity index (χ1v) is 13.3. The van der Waals surface area contributed by atoms with E-state index in [4.69, 9.17) is 4.98 Å². The van der Waals surface area contributed by atoms with Crippen LogP contribution in [0.3, 0.4) is 0 Å². The van der Waals surface area contributed by atoms with Crippen molar-refractivity contribution in [3.05, 3.63) is 99.4 Å². The fourth-order valence-electron chi connectivity index (χ4n) is 5.94. The van der Waals surface area contributed by atoms with Crippen LogP contribution in [0.5, 0.6) is 0 Å². The van der Waals surface area contributed by atoms with Gasteiger partial charge in [0, 0.05) is 31.0 Å². The van der Waals surface area contributed by atoms with Crippen LogP contribution < -0.4 is 0 Å². The number of hydrogen-bond donors (Lipinski definition) is 1. The number of carboxylic acid groups (broad SMARTS) is 1. The van der Waals surface area contributed by atoms with Crippen LogP contribution in [-0.4, -0.2) is 47.3 Å². The molecular weight excluding hydrogens is 463 g/mol. The summed E-state index contributed by atoms with van der Waals surface area (Å²) in [7, 11) is 0. The van der Waals surface area contributed by atoms with E-state index in [0.717, 1.165) is 73.4 Å². The van der Waals surface area contributed by atoms with Gasteiger partial charge >= 0.3 is 5.97 Å². The van der Waals surface area contributed by atoms with Crippen LogP contribution in [0.2, 0.25) is 0 Å². The molecule has 5 heteroatoms. The lowest BCUT2D eigenvalue weighted by molar-refractivity contribution is 0.0696. The lowest BCUT2D eigenvalue weighted by atomic mass is 9.85. The molecule has 2 aromatic carbocycles. The summed E-state index contributed by atoms with van der Waals surface area (Å²) < 4.78 is 12.4. The normalized spacial score (nSPS) is 16.3. The summed E-state index contributed by atoms with van der Waals surface area (Å²) in [5.41, 5.74) is 10.7. The predicted octanol–water partition coefficient (Wildman–Crippen LogP) is 6.53. The van der Waals surface area contributed by atoms with Gasteiger partial charge in [0.1, 0.15) is 0 Å². The molecular formula is C32H35FN2O2. The lowest BCUT2D eigenvalue weighted by Crippen LogP contribution is -2.47. The summed E-state index contributed by atoms with van der Waals surface area (Å²) in [4.78, 5) is 18.8. The van der Waals surface area contributed by atoms with Gasteiger partial charge < -0.3 is 10.0 Å². The molecule has 0 spiro atoms. The van der Waals surface area contributed by atoms with Gasteiger partial charge in [-0.2, -0.15) is 0 Å². The molecule has 0 radical (unpaired) electrons. The van der Waals surface area contributed by atoms with Crippen LogP contribution in [0.25, 0.3) is 11.1 Å². The van der Waals surface area contributed by atoms with Crippen molar-refractivity contribution in [2.45, 2.75) is 46.0 Å². The number of aromatic nitrogens is 1. The number of allylic oxidation sites excluding steroid dienone is 1. The van der Waals surface area contributed by atoms with E-state index in [2.05, 4.69) is 48.2 Å². The zero-order valence-electron chi connectivity index (χ0n) is 21.8. The highest BCUT2D eigenvalue weighted by Crippen LogP contribution is 2.41. The minimum Gasteiger partial charge on any atom is -0.478 e. The number of rotatable bonds is 8. The monoisotopic (exact) mass is 498 g/mol. The number of nitrogens with zero attached hydrogens (tertiary/aromatic N) is 2. The number of carboxylic acids is 1. The number of alkyl halides is 1. The number of hydrogen-bond acceptors (Lipinski definition) is 3. The molecule has 1 N–H and O–H groups in total. The van der Waals surface area contributed by atoms with Gasteiger partial charge in [-0.1, -0.05) is 36.4 Å². The van der Waals surface area contributed by atoms with Gasteiger partial charge in [-0.3, -0.25) is 9.37 Å². The summed E-state index contributed by atoms with van der Waals surface area (Å²) in [6.45, 7) is 6.82. The minimum absolute atomic E-state index is 0.237. The molecule has 2 heterocycles. The topological polar surface area (TPSA) is 53.4 Å². The Morgan fingerprint density at radius 3 is 2.49 bits per heavy atom. The van der Waals surface area contributed by atoms with Gasteiger partial charge in [0.05, 0.1) is 12.2 Å². The van der Waals surface area contributed by atoms with Crippen LogP contribution in [0.1, 0.15) is 68.8 Å². The Morgan fingerprint density at radius 2 is 1.78 bits per heavy atom. The van der Waals surface area contributed by atoms with Crippen LogP contribution in [0, 0.1) is 19.8 Å². The third-order valence-electron chi connectivity index (χ3n) is 7.75. The molecule has 1 aliphatic heterocycles. The van der Waals surface area contributed by atoms with Crippen molar-refractivity contribution in [2.75, 3.05) is 26.3 Å². The van der Waals surface area contributed by atoms with Crippen LogP contribution in [-0.2, 0) is 12.8 Å². The Hall–Kier alpha value is -3.31. The average Bonchev–Trinajstić information content (AvgIpc) is 3.04. The number of likely N-dealkylation sites (tertiary alicyclic amines) is 1. The van der Waals surface area contributed by atoms with Gasteiger partial charge in [0.15, 0.2) is 0 Å². The summed E-state index contributed by atoms with van der Waals surface area (Å²) in [5.74, 6) is -0.255. The molecule has 0 amide bonds. The molecule has 3 aromatic rings. The van der Waals surface area contributed by atoms with Gasteiger partial charge in [-0.15, -0.1) is 0 Å². The summed E-state index contributed by atoms with van der Waals surface area (Å²) in [5, 5.41) is 9.58. The molecule has 1 aliphatic carbocycles. The zero-order valence-corrected chi connectivity index (χ0v) is 21.8. The van der Waals surface area contributed by atoms with E-state index in [1.807, 2.05) is 19.1 Å². The van der Waals surface area contributed by atoms with E-state index in [1.165, 1.54) is 22.3 Å². The number of fused-ring (bicyclic) bond motifs is 1. The second kappa shape index (κ2) is 11.0. The van der Waals surface area contributed by atoms with E-state index in [0.29, 0.717) is 17.9 Å². The smallest absolute Gasteiger partial charge is 0.335 e. The first-order valence-electron chi connectivity index (χ1n) is 13.3. The molecule has 4 nitrogen and oxygen atoms in total. The second-order valence-corrected chi connectivity index (χ2v) is 10.5. The average molecular weight is 499 g/mol. The van der Waals surface area contributed by atoms with E-state index < -0.39 is 5.97 Å². The maximum absolute atomic E-state index is 12.4. The fourth-order valence-corrected chi connectivity index (χ4v) is 5.94. The number of aryl methyl sites for hydroxylation is 3. The Balaban J connectivity index is 1.51. The van der Waals surface area contributed by atoms with Crippen molar-refractivity contribution in [3.63, 3.8) is 0 Å². The van der Waals surface area contributed by atoms with Gasteiger partial charge in [0.25, 0.3) is 0 Å². The molecule has 37 heavy (non-hydrogen) atoms. The van der Waals surface area contributed by atoms with Crippen molar-refractivity contribution >= 4 is 17.1 Å². The molecule has 5 rings (SSSR count). The third kappa shape index (κ3) is 5.52. The molecule has 0 bridgehead atoms. The summed E-state index contributed by atoms with van der Waals surface area (Å²) in [6, 6.07) is 18.7. The van der Waals surface area contributed by atoms with Crippen molar-refractivity contribution in [3.8, 4) is 0 Å².